The molecule has 1 saturated heterocycles. The zero-order chi connectivity index (χ0) is 27.0. The highest BCUT2D eigenvalue weighted by atomic mass is 35.5. The van der Waals surface area contributed by atoms with Crippen molar-refractivity contribution in [1.82, 2.24) is 9.88 Å². The number of halogens is 1. The van der Waals surface area contributed by atoms with Crippen LogP contribution in [0.1, 0.15) is 34.6 Å². The van der Waals surface area contributed by atoms with E-state index in [1.165, 1.54) is 24.3 Å². The Hall–Kier alpha value is -2.92. The number of aryl methyl sites for hydroxylation is 2. The molecule has 11 heteroatoms. The van der Waals surface area contributed by atoms with Crippen LogP contribution in [0.25, 0.3) is 10.9 Å². The number of sulfone groups is 1. The van der Waals surface area contributed by atoms with E-state index >= 15 is 0 Å². The van der Waals surface area contributed by atoms with Crippen molar-refractivity contribution in [2.24, 2.45) is 12.5 Å². The van der Waals surface area contributed by atoms with E-state index in [1.807, 2.05) is 26.0 Å². The number of nitrogens with zero attached hydrogens (tertiary/aromatic N) is 1. The SMILES string of the molecule is Cc1cc(Cl)c2cc(C(=O)NC(CO)c3ccc(S(=O)(=O)CC(=O)OCC4(C)COC4)cc3)n(C)c2c1. The van der Waals surface area contributed by atoms with Crippen LogP contribution in [0.15, 0.2) is 47.4 Å². The molecule has 1 fully saturated rings. The zero-order valence-electron chi connectivity index (χ0n) is 20.8. The van der Waals surface area contributed by atoms with E-state index in [1.54, 1.807) is 17.7 Å². The number of aliphatic hydroxyl groups is 1. The number of carbonyl (C=O) groups excluding carboxylic acids is 2. The third kappa shape index (κ3) is 5.82. The first-order chi connectivity index (χ1) is 17.4. The number of fused-ring (bicyclic) bond motifs is 1. The zero-order valence-corrected chi connectivity index (χ0v) is 22.4. The monoisotopic (exact) mass is 548 g/mol. The van der Waals surface area contributed by atoms with E-state index in [0.717, 1.165) is 16.5 Å². The first kappa shape index (κ1) is 27.1. The molecular weight excluding hydrogens is 520 g/mol. The van der Waals surface area contributed by atoms with E-state index in [2.05, 4.69) is 5.32 Å². The van der Waals surface area contributed by atoms with E-state index in [4.69, 9.17) is 21.1 Å². The molecule has 2 N–H and O–H groups in total. The number of aromatic nitrogens is 1. The number of benzene rings is 2. The van der Waals surface area contributed by atoms with Gasteiger partial charge in [-0.25, -0.2) is 8.42 Å². The van der Waals surface area contributed by atoms with Gasteiger partial charge in [-0.3, -0.25) is 9.59 Å². The van der Waals surface area contributed by atoms with Crippen LogP contribution in [0.4, 0.5) is 0 Å². The number of rotatable bonds is 9. The van der Waals surface area contributed by atoms with Crippen molar-refractivity contribution < 1.29 is 32.6 Å². The van der Waals surface area contributed by atoms with Crippen LogP contribution in [0.3, 0.4) is 0 Å². The first-order valence-corrected chi connectivity index (χ1v) is 13.7. The van der Waals surface area contributed by atoms with Crippen LogP contribution in [-0.2, 0) is 31.2 Å². The second-order valence-electron chi connectivity index (χ2n) is 9.77. The number of hydrogen-bond donors (Lipinski definition) is 2. The number of amides is 1. The van der Waals surface area contributed by atoms with Crippen molar-refractivity contribution in [3.05, 3.63) is 64.3 Å². The highest BCUT2D eigenvalue weighted by Crippen LogP contribution is 2.29. The molecular formula is C26H29ClN2O7S. The number of esters is 1. The fourth-order valence-corrected chi connectivity index (χ4v) is 5.61. The Bertz CT molecular complexity index is 1440. The summed E-state index contributed by atoms with van der Waals surface area (Å²) < 4.78 is 37.3. The highest BCUT2D eigenvalue weighted by molar-refractivity contribution is 7.92. The molecule has 2 aromatic carbocycles. The summed E-state index contributed by atoms with van der Waals surface area (Å²) >= 11 is 6.34. The Balaban J connectivity index is 1.44. The molecule has 1 aliphatic heterocycles. The van der Waals surface area contributed by atoms with Gasteiger partial charge in [0.15, 0.2) is 15.6 Å². The molecule has 9 nitrogen and oxygen atoms in total. The van der Waals surface area contributed by atoms with Crippen molar-refractivity contribution in [1.29, 1.82) is 0 Å². The quantitative estimate of drug-likeness (QED) is 0.394. The van der Waals surface area contributed by atoms with E-state index in [0.29, 0.717) is 29.5 Å². The van der Waals surface area contributed by atoms with Gasteiger partial charge in [0, 0.05) is 17.8 Å². The average Bonchev–Trinajstić information content (AvgIpc) is 3.16. The number of nitrogens with one attached hydrogen (secondary N) is 1. The van der Waals surface area contributed by atoms with Crippen LogP contribution >= 0.6 is 11.6 Å². The Morgan fingerprint density at radius 3 is 2.49 bits per heavy atom. The lowest BCUT2D eigenvalue weighted by Crippen LogP contribution is -2.44. The predicted octanol–water partition coefficient (Wildman–Crippen LogP) is 2.96. The minimum Gasteiger partial charge on any atom is -0.464 e. The second kappa shape index (κ2) is 10.4. The van der Waals surface area contributed by atoms with Crippen molar-refractivity contribution in [2.45, 2.75) is 24.8 Å². The van der Waals surface area contributed by atoms with Gasteiger partial charge < -0.3 is 24.5 Å². The minimum absolute atomic E-state index is 0.0619. The molecule has 1 atom stereocenters. The second-order valence-corrected chi connectivity index (χ2v) is 12.2. The van der Waals surface area contributed by atoms with Crippen LogP contribution < -0.4 is 5.32 Å². The number of aliphatic hydroxyl groups excluding tert-OH is 1. The molecule has 0 radical (unpaired) electrons. The minimum atomic E-state index is -3.93. The van der Waals surface area contributed by atoms with Crippen molar-refractivity contribution in [2.75, 3.05) is 32.2 Å². The fraction of sp³-hybridized carbons (Fsp3) is 0.385. The molecule has 2 heterocycles. The Morgan fingerprint density at radius 2 is 1.89 bits per heavy atom. The topological polar surface area (TPSA) is 124 Å². The lowest BCUT2D eigenvalue weighted by atomic mass is 9.90. The van der Waals surface area contributed by atoms with Crippen LogP contribution in [-0.4, -0.2) is 62.1 Å². The van der Waals surface area contributed by atoms with Crippen molar-refractivity contribution >= 4 is 44.2 Å². The third-order valence-corrected chi connectivity index (χ3v) is 8.33. The smallest absolute Gasteiger partial charge is 0.321 e. The normalized spacial score (nSPS) is 15.7. The summed E-state index contributed by atoms with van der Waals surface area (Å²) in [6.45, 7) is 4.42. The predicted molar refractivity (Wildman–Crippen MR) is 138 cm³/mol. The first-order valence-electron chi connectivity index (χ1n) is 11.7. The summed E-state index contributed by atoms with van der Waals surface area (Å²) in [5, 5.41) is 14.0. The van der Waals surface area contributed by atoms with Gasteiger partial charge in [-0.15, -0.1) is 0 Å². The van der Waals surface area contributed by atoms with E-state index in [9.17, 15) is 23.1 Å². The maximum absolute atomic E-state index is 13.0. The molecule has 3 aromatic rings. The third-order valence-electron chi connectivity index (χ3n) is 6.41. The summed E-state index contributed by atoms with van der Waals surface area (Å²) in [7, 11) is -2.17. The molecule has 0 aliphatic carbocycles. The summed E-state index contributed by atoms with van der Waals surface area (Å²) in [4.78, 5) is 25.1. The Kier molecular flexibility index (Phi) is 7.66. The largest absolute Gasteiger partial charge is 0.464 e. The molecule has 1 aliphatic rings. The van der Waals surface area contributed by atoms with Crippen molar-refractivity contribution in [3.63, 3.8) is 0 Å². The summed E-state index contributed by atoms with van der Waals surface area (Å²) in [5.74, 6) is -2.04. The molecule has 1 amide bonds. The molecule has 1 aromatic heterocycles. The van der Waals surface area contributed by atoms with Crippen molar-refractivity contribution in [3.8, 4) is 0 Å². The van der Waals surface area contributed by atoms with Crippen LogP contribution in [0.5, 0.6) is 0 Å². The molecule has 0 spiro atoms. The van der Waals surface area contributed by atoms with Gasteiger partial charge in [0.1, 0.15) is 12.3 Å². The summed E-state index contributed by atoms with van der Waals surface area (Å²) in [6.07, 6.45) is 0. The van der Waals surface area contributed by atoms with Gasteiger partial charge in [0.25, 0.3) is 5.91 Å². The van der Waals surface area contributed by atoms with E-state index in [-0.39, 0.29) is 16.9 Å². The van der Waals surface area contributed by atoms with Gasteiger partial charge in [-0.1, -0.05) is 30.7 Å². The molecule has 37 heavy (non-hydrogen) atoms. The molecule has 1 unspecified atom stereocenters. The van der Waals surface area contributed by atoms with Crippen LogP contribution in [0.2, 0.25) is 5.02 Å². The number of hydrogen-bond acceptors (Lipinski definition) is 7. The molecule has 0 saturated carbocycles. The van der Waals surface area contributed by atoms with Gasteiger partial charge in [-0.05, 0) is 48.4 Å². The molecule has 0 bridgehead atoms. The average molecular weight is 549 g/mol. The maximum atomic E-state index is 13.0. The lowest BCUT2D eigenvalue weighted by Gasteiger charge is -2.37. The number of ether oxygens (including phenoxy) is 2. The fourth-order valence-electron chi connectivity index (χ4n) is 4.18. The molecule has 198 valence electrons. The van der Waals surface area contributed by atoms with Gasteiger partial charge >= 0.3 is 5.97 Å². The van der Waals surface area contributed by atoms with E-state index < -0.39 is 40.1 Å². The summed E-state index contributed by atoms with van der Waals surface area (Å²) in [5.41, 5.74) is 2.36. The van der Waals surface area contributed by atoms with Gasteiger partial charge in [0.05, 0.1) is 41.3 Å². The summed E-state index contributed by atoms with van der Waals surface area (Å²) in [6, 6.07) is 10.3. The maximum Gasteiger partial charge on any atom is 0.321 e. The van der Waals surface area contributed by atoms with Crippen LogP contribution in [0, 0.1) is 12.3 Å². The Labute approximate surface area is 220 Å². The highest BCUT2D eigenvalue weighted by Gasteiger charge is 2.35. The van der Waals surface area contributed by atoms with Gasteiger partial charge in [0.2, 0.25) is 0 Å². The lowest BCUT2D eigenvalue weighted by molar-refractivity contribution is -0.162. The van der Waals surface area contributed by atoms with Gasteiger partial charge in [-0.2, -0.15) is 0 Å². The standard InChI is InChI=1S/C26H29ClN2O7S/c1-16-8-20(27)19-10-23(29(3)22(19)9-16)25(32)28-21(11-30)17-4-6-18(7-5-17)37(33,34)12-24(31)36-15-26(2)13-35-14-26/h4-10,21,30H,11-15H2,1-3H3,(H,28,32). The Morgan fingerprint density at radius 1 is 1.22 bits per heavy atom. The number of carbonyl (C=O) groups is 2. The molecule has 4 rings (SSSR count).